The van der Waals surface area contributed by atoms with Crippen LogP contribution in [0.3, 0.4) is 0 Å². The summed E-state index contributed by atoms with van der Waals surface area (Å²) in [5, 5.41) is 2.98. The Morgan fingerprint density at radius 1 is 1.40 bits per heavy atom. The molecule has 0 radical (unpaired) electrons. The molecule has 1 aliphatic rings. The fourth-order valence-corrected chi connectivity index (χ4v) is 2.38. The third-order valence-electron chi connectivity index (χ3n) is 2.30. The summed E-state index contributed by atoms with van der Waals surface area (Å²) in [5.41, 5.74) is 1.18. The lowest BCUT2D eigenvalue weighted by Gasteiger charge is -2.05. The van der Waals surface area contributed by atoms with Gasteiger partial charge in [0.05, 0.1) is 0 Å². The van der Waals surface area contributed by atoms with Crippen molar-refractivity contribution in [2.45, 2.75) is 11.3 Å². The second-order valence-electron chi connectivity index (χ2n) is 3.35. The first-order valence-corrected chi connectivity index (χ1v) is 6.14. The molecule has 1 aliphatic heterocycles. The maximum absolute atomic E-state index is 13.7. The maximum Gasteiger partial charge on any atom is 0.178 e. The summed E-state index contributed by atoms with van der Waals surface area (Å²) in [6.07, 6.45) is 1.56. The van der Waals surface area contributed by atoms with E-state index >= 15 is 0 Å². The fourth-order valence-electron chi connectivity index (χ4n) is 1.62. The predicted molar refractivity (Wildman–Crippen MR) is 59.0 cm³/mol. The van der Waals surface area contributed by atoms with Gasteiger partial charge in [-0.05, 0) is 18.6 Å². The van der Waals surface area contributed by atoms with Crippen LogP contribution in [-0.4, -0.2) is 21.2 Å². The lowest BCUT2D eigenvalue weighted by atomic mass is 10.1. The molecule has 84 valence electrons. The second-order valence-corrected chi connectivity index (χ2v) is 5.34. The molecule has 1 N–H and O–H groups in total. The smallest absolute Gasteiger partial charge is 0.178 e. The molecule has 2 rings (SSSR count). The lowest BCUT2D eigenvalue weighted by molar-refractivity contribution is 0.564. The van der Waals surface area contributed by atoms with Crippen molar-refractivity contribution in [3.8, 4) is 0 Å². The van der Waals surface area contributed by atoms with Gasteiger partial charge < -0.3 is 5.32 Å². The van der Waals surface area contributed by atoms with Gasteiger partial charge in [0, 0.05) is 24.1 Å². The van der Waals surface area contributed by atoms with E-state index < -0.39 is 15.7 Å². The van der Waals surface area contributed by atoms with Gasteiger partial charge in [-0.2, -0.15) is 0 Å². The van der Waals surface area contributed by atoms with Gasteiger partial charge in [0.25, 0.3) is 0 Å². The summed E-state index contributed by atoms with van der Waals surface area (Å²) >= 11 is 0. The molecule has 1 heterocycles. The molecular weight excluding hydrogens is 241 g/mol. The molecule has 1 aromatic rings. The SMILES string of the molecule is CS(=O)(=O)c1ccc2c(c1F)CCN2.Cl. The minimum Gasteiger partial charge on any atom is -0.384 e. The molecular formula is C9H11ClFNO2S. The first kappa shape index (κ1) is 12.3. The Bertz CT molecular complexity index is 487. The summed E-state index contributed by atoms with van der Waals surface area (Å²) in [4.78, 5) is -0.208. The third kappa shape index (κ3) is 2.08. The summed E-state index contributed by atoms with van der Waals surface area (Å²) in [7, 11) is -3.46. The van der Waals surface area contributed by atoms with Crippen molar-refractivity contribution in [2.75, 3.05) is 18.1 Å². The van der Waals surface area contributed by atoms with Crippen molar-refractivity contribution in [1.82, 2.24) is 0 Å². The van der Waals surface area contributed by atoms with Gasteiger partial charge in [-0.25, -0.2) is 12.8 Å². The topological polar surface area (TPSA) is 46.2 Å². The Morgan fingerprint density at radius 2 is 2.07 bits per heavy atom. The van der Waals surface area contributed by atoms with E-state index in [9.17, 15) is 12.8 Å². The van der Waals surface area contributed by atoms with Gasteiger partial charge >= 0.3 is 0 Å². The quantitative estimate of drug-likeness (QED) is 0.825. The molecule has 0 fully saturated rings. The number of benzene rings is 1. The van der Waals surface area contributed by atoms with E-state index in [0.717, 1.165) is 6.26 Å². The molecule has 0 saturated heterocycles. The van der Waals surface area contributed by atoms with Crippen molar-refractivity contribution in [3.63, 3.8) is 0 Å². The minimum absolute atomic E-state index is 0. The zero-order valence-electron chi connectivity index (χ0n) is 8.08. The maximum atomic E-state index is 13.7. The van der Waals surface area contributed by atoms with Crippen molar-refractivity contribution in [3.05, 3.63) is 23.5 Å². The molecule has 15 heavy (non-hydrogen) atoms. The Balaban J connectivity index is 0.00000112. The molecule has 0 aromatic heterocycles. The normalized spacial score (nSPS) is 14.0. The molecule has 0 amide bonds. The molecule has 0 unspecified atom stereocenters. The van der Waals surface area contributed by atoms with Crippen LogP contribution >= 0.6 is 12.4 Å². The van der Waals surface area contributed by atoms with E-state index in [4.69, 9.17) is 0 Å². The Morgan fingerprint density at radius 3 is 2.67 bits per heavy atom. The molecule has 0 aliphatic carbocycles. The van der Waals surface area contributed by atoms with E-state index in [1.165, 1.54) is 6.07 Å². The number of fused-ring (bicyclic) bond motifs is 1. The van der Waals surface area contributed by atoms with Gasteiger partial charge in [-0.3, -0.25) is 0 Å². The average molecular weight is 252 g/mol. The van der Waals surface area contributed by atoms with Gasteiger partial charge in [-0.15, -0.1) is 12.4 Å². The first-order valence-electron chi connectivity index (χ1n) is 4.25. The van der Waals surface area contributed by atoms with Crippen LogP contribution in [0.25, 0.3) is 0 Å². The highest BCUT2D eigenvalue weighted by molar-refractivity contribution is 7.90. The molecule has 0 atom stereocenters. The minimum atomic E-state index is -3.46. The highest BCUT2D eigenvalue weighted by Gasteiger charge is 2.22. The van der Waals surface area contributed by atoms with Gasteiger partial charge in [0.2, 0.25) is 0 Å². The van der Waals surface area contributed by atoms with Gasteiger partial charge in [-0.1, -0.05) is 0 Å². The van der Waals surface area contributed by atoms with Gasteiger partial charge in [0.1, 0.15) is 10.7 Å². The molecule has 6 heteroatoms. The van der Waals surface area contributed by atoms with Crippen LogP contribution in [-0.2, 0) is 16.3 Å². The van der Waals surface area contributed by atoms with E-state index in [-0.39, 0.29) is 17.3 Å². The highest BCUT2D eigenvalue weighted by atomic mass is 35.5. The summed E-state index contributed by atoms with van der Waals surface area (Å²) in [6, 6.07) is 2.92. The molecule has 3 nitrogen and oxygen atoms in total. The number of nitrogens with one attached hydrogen (secondary N) is 1. The number of sulfone groups is 1. The first-order chi connectivity index (χ1) is 6.50. The molecule has 0 spiro atoms. The third-order valence-corrected chi connectivity index (χ3v) is 3.41. The fraction of sp³-hybridized carbons (Fsp3) is 0.333. The van der Waals surface area contributed by atoms with Crippen molar-refractivity contribution < 1.29 is 12.8 Å². The van der Waals surface area contributed by atoms with Crippen LogP contribution in [0.4, 0.5) is 10.1 Å². The van der Waals surface area contributed by atoms with Crippen LogP contribution in [0.2, 0.25) is 0 Å². The number of hydrogen-bond acceptors (Lipinski definition) is 3. The Kier molecular flexibility index (Phi) is 3.25. The van der Waals surface area contributed by atoms with E-state index in [2.05, 4.69) is 5.32 Å². The number of halogens is 2. The standard InChI is InChI=1S/C9H10FNO2S.ClH/c1-14(12,13)8-3-2-7-6(9(8)10)4-5-11-7;/h2-3,11H,4-5H2,1H3;1H. The Hall–Kier alpha value is -0.810. The van der Waals surface area contributed by atoms with Gasteiger partial charge in [0.15, 0.2) is 9.84 Å². The molecule has 0 saturated carbocycles. The monoisotopic (exact) mass is 251 g/mol. The van der Waals surface area contributed by atoms with Crippen molar-refractivity contribution >= 4 is 27.9 Å². The van der Waals surface area contributed by atoms with Crippen LogP contribution < -0.4 is 5.32 Å². The summed E-state index contributed by atoms with van der Waals surface area (Å²) < 4.78 is 36.0. The zero-order chi connectivity index (χ0) is 10.3. The largest absolute Gasteiger partial charge is 0.384 e. The predicted octanol–water partition coefficient (Wildman–Crippen LogP) is 1.62. The number of anilines is 1. The summed E-state index contributed by atoms with van der Waals surface area (Å²) in [6.45, 7) is 0.666. The van der Waals surface area contributed by atoms with Crippen LogP contribution in [0.15, 0.2) is 17.0 Å². The van der Waals surface area contributed by atoms with Crippen LogP contribution in [0.1, 0.15) is 5.56 Å². The average Bonchev–Trinajstić information content (AvgIpc) is 2.50. The lowest BCUT2D eigenvalue weighted by Crippen LogP contribution is -2.02. The van der Waals surface area contributed by atoms with E-state index in [0.29, 0.717) is 24.2 Å². The number of rotatable bonds is 1. The second kappa shape index (κ2) is 3.98. The van der Waals surface area contributed by atoms with Crippen molar-refractivity contribution in [2.24, 2.45) is 0 Å². The molecule has 0 bridgehead atoms. The zero-order valence-corrected chi connectivity index (χ0v) is 9.71. The highest BCUT2D eigenvalue weighted by Crippen LogP contribution is 2.28. The van der Waals surface area contributed by atoms with E-state index in [1.807, 2.05) is 0 Å². The number of hydrogen-bond donors (Lipinski definition) is 1. The van der Waals surface area contributed by atoms with E-state index in [1.54, 1.807) is 6.07 Å². The molecule has 1 aromatic carbocycles. The summed E-state index contributed by atoms with van der Waals surface area (Å²) in [5.74, 6) is -0.602. The van der Waals surface area contributed by atoms with Crippen LogP contribution in [0.5, 0.6) is 0 Å². The van der Waals surface area contributed by atoms with Crippen molar-refractivity contribution in [1.29, 1.82) is 0 Å². The Labute approximate surface area is 94.0 Å². The van der Waals surface area contributed by atoms with Crippen LogP contribution in [0, 0.1) is 5.82 Å².